The quantitative estimate of drug-likeness (QED) is 0.351. The van der Waals surface area contributed by atoms with Crippen molar-refractivity contribution < 1.29 is 19.1 Å². The van der Waals surface area contributed by atoms with Crippen molar-refractivity contribution in [3.63, 3.8) is 0 Å². The van der Waals surface area contributed by atoms with Crippen LogP contribution >= 0.6 is 0 Å². The highest BCUT2D eigenvalue weighted by molar-refractivity contribution is 6.44. The second-order valence-corrected chi connectivity index (χ2v) is 8.28. The van der Waals surface area contributed by atoms with Crippen molar-refractivity contribution in [3.05, 3.63) is 59.9 Å². The third-order valence-corrected chi connectivity index (χ3v) is 5.25. The number of benzene rings is 1. The second kappa shape index (κ2) is 9.83. The summed E-state index contributed by atoms with van der Waals surface area (Å²) in [7, 11) is 3.91. The first kappa shape index (κ1) is 22.6. The zero-order chi connectivity index (χ0) is 22.5. The molecule has 2 heterocycles. The highest BCUT2D eigenvalue weighted by Crippen LogP contribution is 2.38. The number of amides is 1. The molecule has 0 N–H and O–H groups in total. The molecule has 1 fully saturated rings. The predicted octanol–water partition coefficient (Wildman–Crippen LogP) is 2.77. The Morgan fingerprint density at radius 3 is 2.32 bits per heavy atom. The molecule has 1 aliphatic rings. The molecule has 0 aliphatic carbocycles. The van der Waals surface area contributed by atoms with Crippen LogP contribution in [0.5, 0.6) is 5.75 Å². The Morgan fingerprint density at radius 1 is 1.10 bits per heavy atom. The number of aromatic nitrogens is 1. The zero-order valence-corrected chi connectivity index (χ0v) is 18.4. The van der Waals surface area contributed by atoms with Crippen LogP contribution < -0.4 is 4.74 Å². The van der Waals surface area contributed by atoms with E-state index in [9.17, 15) is 14.4 Å². The molecular weight excluding hydrogens is 394 g/mol. The van der Waals surface area contributed by atoms with E-state index >= 15 is 0 Å². The van der Waals surface area contributed by atoms with Gasteiger partial charge in [-0.1, -0.05) is 0 Å². The summed E-state index contributed by atoms with van der Waals surface area (Å²) in [4.78, 5) is 46.8. The second-order valence-electron chi connectivity index (χ2n) is 8.28. The Hall–Kier alpha value is -3.06. The van der Waals surface area contributed by atoms with E-state index in [1.54, 1.807) is 53.7 Å². The summed E-state index contributed by atoms with van der Waals surface area (Å²) in [5.41, 5.74) is 1.12. The molecule has 2 unspecified atom stereocenters. The first-order valence-corrected chi connectivity index (χ1v) is 10.5. The van der Waals surface area contributed by atoms with Gasteiger partial charge in [0.1, 0.15) is 11.7 Å². The van der Waals surface area contributed by atoms with Gasteiger partial charge in [-0.15, -0.1) is 0 Å². The van der Waals surface area contributed by atoms with E-state index in [1.165, 1.54) is 0 Å². The van der Waals surface area contributed by atoms with Crippen molar-refractivity contribution in [2.24, 2.45) is 5.92 Å². The van der Waals surface area contributed by atoms with E-state index < -0.39 is 23.7 Å². The van der Waals surface area contributed by atoms with Gasteiger partial charge in [0.2, 0.25) is 5.78 Å². The summed E-state index contributed by atoms with van der Waals surface area (Å²) in [5, 5.41) is 0. The zero-order valence-electron chi connectivity index (χ0n) is 18.4. The number of likely N-dealkylation sites (tertiary alicyclic amines) is 1. The third-order valence-electron chi connectivity index (χ3n) is 5.25. The first-order valence-electron chi connectivity index (χ1n) is 10.5. The fourth-order valence-electron chi connectivity index (χ4n) is 3.87. The Kier molecular flexibility index (Phi) is 7.17. The first-order chi connectivity index (χ1) is 14.8. The van der Waals surface area contributed by atoms with E-state index in [-0.39, 0.29) is 11.9 Å². The van der Waals surface area contributed by atoms with Gasteiger partial charge in [0.05, 0.1) is 12.1 Å². The number of ketones is 2. The minimum Gasteiger partial charge on any atom is -0.491 e. The Labute approximate surface area is 183 Å². The molecule has 0 radical (unpaired) electrons. The van der Waals surface area contributed by atoms with Crippen LogP contribution in [0.4, 0.5) is 0 Å². The van der Waals surface area contributed by atoms with Crippen molar-refractivity contribution in [1.29, 1.82) is 0 Å². The molecule has 1 aliphatic heterocycles. The smallest absolute Gasteiger partial charge is 0.291 e. The van der Waals surface area contributed by atoms with E-state index in [2.05, 4.69) is 4.98 Å². The molecule has 2 aromatic rings. The number of carbonyl (C=O) groups excluding carboxylic acids is 3. The molecule has 164 valence electrons. The number of hydrogen-bond acceptors (Lipinski definition) is 6. The lowest BCUT2D eigenvalue weighted by Crippen LogP contribution is -2.33. The lowest BCUT2D eigenvalue weighted by atomic mass is 9.86. The van der Waals surface area contributed by atoms with E-state index in [0.29, 0.717) is 24.3 Å². The lowest BCUT2D eigenvalue weighted by Gasteiger charge is -2.27. The van der Waals surface area contributed by atoms with Crippen LogP contribution in [0.1, 0.15) is 42.2 Å². The molecule has 7 heteroatoms. The van der Waals surface area contributed by atoms with Gasteiger partial charge in [0.25, 0.3) is 5.91 Å². The van der Waals surface area contributed by atoms with Crippen LogP contribution in [0.3, 0.4) is 0 Å². The summed E-state index contributed by atoms with van der Waals surface area (Å²) in [6.45, 7) is 5.02. The number of carbonyl (C=O) groups is 3. The van der Waals surface area contributed by atoms with Crippen molar-refractivity contribution in [3.8, 4) is 5.75 Å². The minimum atomic E-state index is -1.08. The number of nitrogens with zero attached hydrogens (tertiary/aromatic N) is 3. The van der Waals surface area contributed by atoms with Crippen LogP contribution in [-0.2, 0) is 9.59 Å². The molecule has 0 spiro atoms. The number of ether oxygens (including phenoxy) is 1. The average molecular weight is 424 g/mol. The maximum absolute atomic E-state index is 13.4. The molecule has 1 amide bonds. The summed E-state index contributed by atoms with van der Waals surface area (Å²) in [5.74, 6) is -2.04. The minimum absolute atomic E-state index is 0.0161. The van der Waals surface area contributed by atoms with Gasteiger partial charge >= 0.3 is 0 Å². The maximum Gasteiger partial charge on any atom is 0.291 e. The van der Waals surface area contributed by atoms with Gasteiger partial charge in [-0.25, -0.2) is 0 Å². The number of pyridine rings is 1. The standard InChI is InChI=1S/C24H29N3O4/c1-16(2)31-19-8-6-18(7-9-19)22(28)20-21(17-10-12-25-13-11-17)27(24(30)23(20)29)15-5-14-26(3)4/h6-13,16,20-21H,5,14-15H2,1-4H3. The Balaban J connectivity index is 1.91. The fourth-order valence-corrected chi connectivity index (χ4v) is 3.87. The SMILES string of the molecule is CC(C)Oc1ccc(C(=O)C2C(=O)C(=O)N(CCCN(C)C)C2c2ccncc2)cc1. The Bertz CT molecular complexity index is 926. The maximum atomic E-state index is 13.4. The summed E-state index contributed by atoms with van der Waals surface area (Å²) in [6, 6.07) is 9.61. The van der Waals surface area contributed by atoms with E-state index in [4.69, 9.17) is 4.74 Å². The van der Waals surface area contributed by atoms with Gasteiger partial charge in [-0.3, -0.25) is 19.4 Å². The van der Waals surface area contributed by atoms with Crippen molar-refractivity contribution >= 4 is 17.5 Å². The lowest BCUT2D eigenvalue weighted by molar-refractivity contribution is -0.140. The molecule has 1 aromatic carbocycles. The number of Topliss-reactive ketones (excluding diaryl/α,β-unsaturated/α-hetero) is 2. The van der Waals surface area contributed by atoms with Crippen molar-refractivity contribution in [2.45, 2.75) is 32.4 Å². The average Bonchev–Trinajstić information content (AvgIpc) is 2.99. The molecule has 1 aromatic heterocycles. The van der Waals surface area contributed by atoms with E-state index in [1.807, 2.05) is 32.8 Å². The molecule has 31 heavy (non-hydrogen) atoms. The molecule has 0 bridgehead atoms. The van der Waals surface area contributed by atoms with Crippen LogP contribution in [0.15, 0.2) is 48.8 Å². The highest BCUT2D eigenvalue weighted by Gasteiger charge is 2.51. The van der Waals surface area contributed by atoms with Crippen molar-refractivity contribution in [2.75, 3.05) is 27.2 Å². The summed E-state index contributed by atoms with van der Waals surface area (Å²) < 4.78 is 5.63. The van der Waals surface area contributed by atoms with Crippen LogP contribution in [0.2, 0.25) is 0 Å². The molecule has 7 nitrogen and oxygen atoms in total. The molecule has 3 rings (SSSR count). The van der Waals surface area contributed by atoms with Gasteiger partial charge in [0, 0.05) is 24.5 Å². The third kappa shape index (κ3) is 5.17. The molecule has 0 saturated carbocycles. The van der Waals surface area contributed by atoms with Gasteiger partial charge in [0.15, 0.2) is 5.78 Å². The van der Waals surface area contributed by atoms with Gasteiger partial charge < -0.3 is 14.5 Å². The molecule has 1 saturated heterocycles. The topological polar surface area (TPSA) is 79.8 Å². The van der Waals surface area contributed by atoms with Crippen LogP contribution in [0.25, 0.3) is 0 Å². The normalized spacial score (nSPS) is 18.8. The van der Waals surface area contributed by atoms with Gasteiger partial charge in [-0.05, 0) is 82.9 Å². The van der Waals surface area contributed by atoms with Crippen LogP contribution in [0, 0.1) is 5.92 Å². The fraction of sp³-hybridized carbons (Fsp3) is 0.417. The number of rotatable bonds is 9. The summed E-state index contributed by atoms with van der Waals surface area (Å²) >= 11 is 0. The van der Waals surface area contributed by atoms with Crippen LogP contribution in [-0.4, -0.2) is 65.5 Å². The monoisotopic (exact) mass is 423 g/mol. The van der Waals surface area contributed by atoms with E-state index in [0.717, 1.165) is 12.1 Å². The Morgan fingerprint density at radius 2 is 1.74 bits per heavy atom. The molecular formula is C24H29N3O4. The largest absolute Gasteiger partial charge is 0.491 e. The summed E-state index contributed by atoms with van der Waals surface area (Å²) in [6.07, 6.45) is 3.94. The van der Waals surface area contributed by atoms with Crippen molar-refractivity contribution in [1.82, 2.24) is 14.8 Å². The number of hydrogen-bond donors (Lipinski definition) is 0. The molecule has 2 atom stereocenters. The highest BCUT2D eigenvalue weighted by atomic mass is 16.5. The van der Waals surface area contributed by atoms with Gasteiger partial charge in [-0.2, -0.15) is 0 Å². The predicted molar refractivity (Wildman–Crippen MR) is 117 cm³/mol.